The summed E-state index contributed by atoms with van der Waals surface area (Å²) in [6, 6.07) is 6.66. The molecule has 0 fully saturated rings. The number of hydrogen-bond acceptors (Lipinski definition) is 3. The highest BCUT2D eigenvalue weighted by atomic mass is 16.4. The summed E-state index contributed by atoms with van der Waals surface area (Å²) >= 11 is 0. The van der Waals surface area contributed by atoms with Crippen molar-refractivity contribution in [2.75, 3.05) is 6.54 Å². The van der Waals surface area contributed by atoms with Gasteiger partial charge in [-0.25, -0.2) is 4.79 Å². The summed E-state index contributed by atoms with van der Waals surface area (Å²) < 4.78 is 0. The number of nitrogens with two attached hydrogens (primary N) is 1. The summed E-state index contributed by atoms with van der Waals surface area (Å²) in [4.78, 5) is 25.4. The van der Waals surface area contributed by atoms with Gasteiger partial charge in [0.2, 0.25) is 5.91 Å². The quantitative estimate of drug-likeness (QED) is 0.864. The van der Waals surface area contributed by atoms with Gasteiger partial charge in [-0.15, -0.1) is 0 Å². The van der Waals surface area contributed by atoms with Crippen molar-refractivity contribution < 1.29 is 14.7 Å². The molecule has 2 atom stereocenters. The van der Waals surface area contributed by atoms with Crippen LogP contribution in [0.1, 0.15) is 43.4 Å². The summed E-state index contributed by atoms with van der Waals surface area (Å²) in [5.41, 5.74) is 7.43. The first-order valence-corrected chi connectivity index (χ1v) is 7.36. The first kappa shape index (κ1) is 15.5. The first-order chi connectivity index (χ1) is 10.0. The van der Waals surface area contributed by atoms with Gasteiger partial charge in [-0.05, 0) is 37.3 Å². The second-order valence-electron chi connectivity index (χ2n) is 5.65. The molecule has 0 aromatic heterocycles. The van der Waals surface area contributed by atoms with E-state index in [2.05, 4.69) is 0 Å². The number of carbonyl (C=O) groups is 2. The number of benzene rings is 1. The average molecular weight is 290 g/mol. The lowest BCUT2D eigenvalue weighted by Gasteiger charge is -2.35. The van der Waals surface area contributed by atoms with Gasteiger partial charge in [0.05, 0.1) is 0 Å². The summed E-state index contributed by atoms with van der Waals surface area (Å²) in [5.74, 6) is -1.07. The van der Waals surface area contributed by atoms with Gasteiger partial charge in [0, 0.05) is 19.0 Å². The molecule has 5 nitrogen and oxygen atoms in total. The fourth-order valence-corrected chi connectivity index (χ4v) is 2.82. The van der Waals surface area contributed by atoms with Crippen molar-refractivity contribution in [3.8, 4) is 0 Å². The number of amides is 1. The molecular weight excluding hydrogens is 268 g/mol. The van der Waals surface area contributed by atoms with Gasteiger partial charge in [0.15, 0.2) is 6.04 Å². The molecule has 1 aliphatic rings. The smallest absolute Gasteiger partial charge is 0.331 e. The molecule has 1 aromatic rings. The highest BCUT2D eigenvalue weighted by Gasteiger charge is 2.35. The molecule has 1 aliphatic heterocycles. The van der Waals surface area contributed by atoms with Crippen LogP contribution in [-0.4, -0.2) is 34.5 Å². The molecule has 1 amide bonds. The van der Waals surface area contributed by atoms with Gasteiger partial charge >= 0.3 is 5.97 Å². The lowest BCUT2D eigenvalue weighted by Crippen LogP contribution is -2.43. The van der Waals surface area contributed by atoms with E-state index < -0.39 is 12.0 Å². The molecule has 21 heavy (non-hydrogen) atoms. The van der Waals surface area contributed by atoms with Crippen molar-refractivity contribution in [1.29, 1.82) is 0 Å². The second-order valence-corrected chi connectivity index (χ2v) is 5.65. The molecule has 0 spiro atoms. The standard InChI is InChI=1S/C16H22N2O3/c1-11(17)5-4-8-14(19)18-10-9-12-6-2-3-7-13(12)15(18)16(20)21/h2-3,6-7,11,15H,4-5,8-10,17H2,1H3,(H,20,21). The van der Waals surface area contributed by atoms with Crippen LogP contribution in [-0.2, 0) is 16.0 Å². The third-order valence-corrected chi connectivity index (χ3v) is 3.89. The number of carboxylic acids is 1. The van der Waals surface area contributed by atoms with Crippen LogP contribution in [0.3, 0.4) is 0 Å². The Bertz CT molecular complexity index is 528. The topological polar surface area (TPSA) is 83.6 Å². The minimum absolute atomic E-state index is 0.0650. The van der Waals surface area contributed by atoms with Crippen molar-refractivity contribution >= 4 is 11.9 Å². The molecule has 2 unspecified atom stereocenters. The summed E-state index contributed by atoms with van der Waals surface area (Å²) in [5, 5.41) is 9.50. The van der Waals surface area contributed by atoms with E-state index in [0.29, 0.717) is 25.8 Å². The number of fused-ring (bicyclic) bond motifs is 1. The lowest BCUT2D eigenvalue weighted by atomic mass is 9.92. The number of hydrogen-bond donors (Lipinski definition) is 2. The molecule has 1 heterocycles. The maximum Gasteiger partial charge on any atom is 0.331 e. The van der Waals surface area contributed by atoms with Crippen molar-refractivity contribution in [2.24, 2.45) is 5.73 Å². The Hall–Kier alpha value is -1.88. The Morgan fingerprint density at radius 3 is 2.81 bits per heavy atom. The molecule has 0 saturated heterocycles. The average Bonchev–Trinajstić information content (AvgIpc) is 2.45. The highest BCUT2D eigenvalue weighted by molar-refractivity contribution is 5.85. The Balaban J connectivity index is 2.13. The number of aliphatic carboxylic acids is 1. The molecule has 0 radical (unpaired) electrons. The zero-order valence-electron chi connectivity index (χ0n) is 12.3. The largest absolute Gasteiger partial charge is 0.479 e. The molecule has 0 aliphatic carbocycles. The van der Waals surface area contributed by atoms with E-state index in [4.69, 9.17) is 5.73 Å². The van der Waals surface area contributed by atoms with Crippen LogP contribution >= 0.6 is 0 Å². The second kappa shape index (κ2) is 6.72. The van der Waals surface area contributed by atoms with Crippen molar-refractivity contribution in [2.45, 2.75) is 44.7 Å². The van der Waals surface area contributed by atoms with E-state index in [1.165, 1.54) is 4.90 Å². The Labute approximate surface area is 124 Å². The molecule has 3 N–H and O–H groups in total. The minimum atomic E-state index is -0.970. The molecule has 2 rings (SSSR count). The SMILES string of the molecule is CC(N)CCCC(=O)N1CCc2ccccc2C1C(=O)O. The Kier molecular flexibility index (Phi) is 4.96. The van der Waals surface area contributed by atoms with Crippen LogP contribution < -0.4 is 5.73 Å². The van der Waals surface area contributed by atoms with Crippen molar-refractivity contribution in [3.63, 3.8) is 0 Å². The van der Waals surface area contributed by atoms with Crippen molar-refractivity contribution in [3.05, 3.63) is 35.4 Å². The van der Waals surface area contributed by atoms with Gasteiger partial charge in [-0.2, -0.15) is 0 Å². The summed E-state index contributed by atoms with van der Waals surface area (Å²) in [7, 11) is 0. The fourth-order valence-electron chi connectivity index (χ4n) is 2.82. The number of nitrogens with zero attached hydrogens (tertiary/aromatic N) is 1. The van der Waals surface area contributed by atoms with E-state index in [0.717, 1.165) is 17.5 Å². The zero-order chi connectivity index (χ0) is 15.4. The molecular formula is C16H22N2O3. The normalized spacial score (nSPS) is 19.0. The van der Waals surface area contributed by atoms with Crippen LogP contribution in [0.25, 0.3) is 0 Å². The summed E-state index contributed by atoms with van der Waals surface area (Å²) in [6.45, 7) is 2.37. The van der Waals surface area contributed by atoms with Gasteiger partial charge in [0.1, 0.15) is 0 Å². The number of carboxylic acid groups (broad SMARTS) is 1. The van der Waals surface area contributed by atoms with E-state index in [1.807, 2.05) is 25.1 Å². The van der Waals surface area contributed by atoms with E-state index in [9.17, 15) is 14.7 Å². The van der Waals surface area contributed by atoms with Crippen LogP contribution in [0.15, 0.2) is 24.3 Å². The maximum absolute atomic E-state index is 12.3. The van der Waals surface area contributed by atoms with E-state index in [1.54, 1.807) is 6.07 Å². The van der Waals surface area contributed by atoms with E-state index >= 15 is 0 Å². The predicted octanol–water partition coefficient (Wildman–Crippen LogP) is 1.71. The zero-order valence-corrected chi connectivity index (χ0v) is 12.3. The highest BCUT2D eigenvalue weighted by Crippen LogP contribution is 2.30. The maximum atomic E-state index is 12.3. The van der Waals surface area contributed by atoms with Crippen LogP contribution in [0.2, 0.25) is 0 Å². The molecule has 0 saturated carbocycles. The molecule has 1 aromatic carbocycles. The van der Waals surface area contributed by atoms with Crippen molar-refractivity contribution in [1.82, 2.24) is 4.90 Å². The van der Waals surface area contributed by atoms with Crippen LogP contribution in [0.4, 0.5) is 0 Å². The van der Waals surface area contributed by atoms with Crippen LogP contribution in [0.5, 0.6) is 0 Å². The van der Waals surface area contributed by atoms with Gasteiger partial charge in [-0.3, -0.25) is 4.79 Å². The third-order valence-electron chi connectivity index (χ3n) is 3.89. The third kappa shape index (κ3) is 3.61. The van der Waals surface area contributed by atoms with Gasteiger partial charge < -0.3 is 15.7 Å². The predicted molar refractivity (Wildman–Crippen MR) is 79.7 cm³/mol. The lowest BCUT2D eigenvalue weighted by molar-refractivity contribution is -0.151. The Morgan fingerprint density at radius 1 is 1.43 bits per heavy atom. The van der Waals surface area contributed by atoms with Gasteiger partial charge in [-0.1, -0.05) is 24.3 Å². The number of rotatable bonds is 5. The van der Waals surface area contributed by atoms with Gasteiger partial charge in [0.25, 0.3) is 0 Å². The fraction of sp³-hybridized carbons (Fsp3) is 0.500. The minimum Gasteiger partial charge on any atom is -0.479 e. The Morgan fingerprint density at radius 2 is 2.14 bits per heavy atom. The summed E-state index contributed by atoms with van der Waals surface area (Å²) in [6.07, 6.45) is 2.53. The monoisotopic (exact) mass is 290 g/mol. The molecule has 114 valence electrons. The molecule has 5 heteroatoms. The number of carbonyl (C=O) groups excluding carboxylic acids is 1. The molecule has 0 bridgehead atoms. The van der Waals surface area contributed by atoms with Crippen LogP contribution in [0, 0.1) is 0 Å². The first-order valence-electron chi connectivity index (χ1n) is 7.36. The van der Waals surface area contributed by atoms with E-state index in [-0.39, 0.29) is 11.9 Å².